The van der Waals surface area contributed by atoms with E-state index in [1.807, 2.05) is 6.92 Å². The van der Waals surface area contributed by atoms with Gasteiger partial charge in [0.05, 0.1) is 30.3 Å². The van der Waals surface area contributed by atoms with E-state index in [2.05, 4.69) is 0 Å². The highest BCUT2D eigenvalue weighted by Crippen LogP contribution is 2.39. The van der Waals surface area contributed by atoms with Crippen LogP contribution < -0.4 is 0 Å². The van der Waals surface area contributed by atoms with Gasteiger partial charge in [0.25, 0.3) is 0 Å². The second-order valence-corrected chi connectivity index (χ2v) is 5.43. The zero-order valence-corrected chi connectivity index (χ0v) is 12.2. The van der Waals surface area contributed by atoms with Crippen molar-refractivity contribution in [1.82, 2.24) is 0 Å². The molecule has 8 heteroatoms. The molecule has 0 amide bonds. The van der Waals surface area contributed by atoms with E-state index in [1.54, 1.807) is 0 Å². The van der Waals surface area contributed by atoms with Gasteiger partial charge in [0.15, 0.2) is 0 Å². The van der Waals surface area contributed by atoms with Crippen molar-refractivity contribution in [3.05, 3.63) is 0 Å². The van der Waals surface area contributed by atoms with Crippen molar-refractivity contribution in [1.29, 1.82) is 0 Å². The number of carbonyl (C=O) groups is 4. The number of carboxylic acid groups (broad SMARTS) is 3. The summed E-state index contributed by atoms with van der Waals surface area (Å²) in [7, 11) is 0. The molecule has 0 saturated heterocycles. The Hall–Kier alpha value is -2.12. The third kappa shape index (κ3) is 4.19. The summed E-state index contributed by atoms with van der Waals surface area (Å²) in [5, 5.41) is 27.4. The minimum atomic E-state index is -1.36. The third-order valence-electron chi connectivity index (χ3n) is 3.98. The summed E-state index contributed by atoms with van der Waals surface area (Å²) in [5.74, 6) is -9.78. The monoisotopic (exact) mass is 316 g/mol. The Bertz CT molecular complexity index is 458. The lowest BCUT2D eigenvalue weighted by atomic mass is 9.68. The van der Waals surface area contributed by atoms with Crippen molar-refractivity contribution in [3.63, 3.8) is 0 Å². The number of aliphatic carboxylic acids is 3. The molecule has 0 bridgehead atoms. The van der Waals surface area contributed by atoms with Crippen molar-refractivity contribution in [3.8, 4) is 0 Å². The number of hydrogen-bond acceptors (Lipinski definition) is 5. The molecule has 0 aliphatic heterocycles. The first-order chi connectivity index (χ1) is 10.3. The summed E-state index contributed by atoms with van der Waals surface area (Å²) in [6, 6.07) is 0. The van der Waals surface area contributed by atoms with E-state index < -0.39 is 54.0 Å². The lowest BCUT2D eigenvalue weighted by Crippen LogP contribution is -2.45. The summed E-state index contributed by atoms with van der Waals surface area (Å²) in [6.45, 7) is 2.03. The molecule has 4 atom stereocenters. The van der Waals surface area contributed by atoms with E-state index in [0.717, 1.165) is 6.42 Å². The summed E-state index contributed by atoms with van der Waals surface area (Å²) < 4.78 is 4.98. The minimum absolute atomic E-state index is 0.137. The fourth-order valence-corrected chi connectivity index (χ4v) is 2.71. The lowest BCUT2D eigenvalue weighted by Gasteiger charge is -2.34. The number of ether oxygens (including phenoxy) is 1. The van der Waals surface area contributed by atoms with Crippen LogP contribution in [0.5, 0.6) is 0 Å². The van der Waals surface area contributed by atoms with Crippen LogP contribution in [0, 0.1) is 23.7 Å². The zero-order chi connectivity index (χ0) is 16.9. The molecule has 1 rings (SSSR count). The number of unbranched alkanes of at least 4 members (excludes halogenated alkanes) is 1. The van der Waals surface area contributed by atoms with E-state index >= 15 is 0 Å². The number of esters is 1. The second-order valence-electron chi connectivity index (χ2n) is 5.43. The first-order valence-electron chi connectivity index (χ1n) is 7.14. The molecule has 22 heavy (non-hydrogen) atoms. The van der Waals surface area contributed by atoms with Crippen LogP contribution in [0.2, 0.25) is 0 Å². The van der Waals surface area contributed by atoms with Crippen LogP contribution >= 0.6 is 0 Å². The van der Waals surface area contributed by atoms with Crippen LogP contribution in [0.25, 0.3) is 0 Å². The molecular formula is C14H20O8. The molecule has 1 aliphatic rings. The van der Waals surface area contributed by atoms with Crippen molar-refractivity contribution in [2.24, 2.45) is 23.7 Å². The van der Waals surface area contributed by atoms with E-state index in [0.29, 0.717) is 6.42 Å². The van der Waals surface area contributed by atoms with Gasteiger partial charge < -0.3 is 20.1 Å². The Kier molecular flexibility index (Phi) is 6.33. The molecule has 1 saturated carbocycles. The summed E-state index contributed by atoms with van der Waals surface area (Å²) in [5.41, 5.74) is 0. The Morgan fingerprint density at radius 3 is 1.68 bits per heavy atom. The molecule has 4 unspecified atom stereocenters. The quantitative estimate of drug-likeness (QED) is 0.464. The second kappa shape index (κ2) is 7.77. The topological polar surface area (TPSA) is 138 Å². The van der Waals surface area contributed by atoms with Gasteiger partial charge in [0, 0.05) is 0 Å². The average Bonchev–Trinajstić information content (AvgIpc) is 2.45. The van der Waals surface area contributed by atoms with E-state index in [4.69, 9.17) is 14.9 Å². The molecule has 0 heterocycles. The van der Waals surface area contributed by atoms with Gasteiger partial charge in [-0.3, -0.25) is 19.2 Å². The van der Waals surface area contributed by atoms with Crippen LogP contribution in [-0.2, 0) is 23.9 Å². The fraction of sp³-hybridized carbons (Fsp3) is 0.714. The summed E-state index contributed by atoms with van der Waals surface area (Å²) >= 11 is 0. The lowest BCUT2D eigenvalue weighted by molar-refractivity contribution is -0.170. The van der Waals surface area contributed by atoms with Gasteiger partial charge in [-0.15, -0.1) is 0 Å². The standard InChI is InChI=1S/C14H20O8/c1-2-3-4-22-14(21)10-6-8(12(17)18)7(11(15)16)5-9(10)13(19)20/h7-10H,2-6H2,1H3,(H,15,16)(H,17,18)(H,19,20). The Labute approximate surface area is 127 Å². The maximum atomic E-state index is 12.0. The van der Waals surface area contributed by atoms with Crippen molar-refractivity contribution >= 4 is 23.9 Å². The largest absolute Gasteiger partial charge is 0.481 e. The predicted octanol–water partition coefficient (Wildman–Crippen LogP) is 0.842. The molecule has 0 spiro atoms. The van der Waals surface area contributed by atoms with Gasteiger partial charge in [-0.2, -0.15) is 0 Å². The van der Waals surface area contributed by atoms with Gasteiger partial charge in [-0.05, 0) is 19.3 Å². The van der Waals surface area contributed by atoms with Crippen molar-refractivity contribution in [2.45, 2.75) is 32.6 Å². The Morgan fingerprint density at radius 1 is 0.864 bits per heavy atom. The van der Waals surface area contributed by atoms with Crippen LogP contribution in [0.15, 0.2) is 0 Å². The number of carboxylic acids is 3. The summed E-state index contributed by atoms with van der Waals surface area (Å²) in [4.78, 5) is 45.7. The van der Waals surface area contributed by atoms with Crippen molar-refractivity contribution in [2.75, 3.05) is 6.61 Å². The smallest absolute Gasteiger partial charge is 0.309 e. The predicted molar refractivity (Wildman–Crippen MR) is 72.0 cm³/mol. The Balaban J connectivity index is 2.93. The number of rotatable bonds is 7. The normalized spacial score (nSPS) is 27.9. The SMILES string of the molecule is CCCCOC(=O)C1CC(C(=O)O)C(C(=O)O)CC1C(=O)O. The van der Waals surface area contributed by atoms with E-state index in [9.17, 15) is 24.3 Å². The molecule has 1 aliphatic carbocycles. The molecule has 1 fully saturated rings. The zero-order valence-electron chi connectivity index (χ0n) is 12.2. The molecule has 3 N–H and O–H groups in total. The van der Waals surface area contributed by atoms with Crippen LogP contribution in [0.1, 0.15) is 32.6 Å². The molecule has 0 aromatic carbocycles. The Morgan fingerprint density at radius 2 is 1.27 bits per heavy atom. The first-order valence-corrected chi connectivity index (χ1v) is 7.14. The van der Waals surface area contributed by atoms with E-state index in [-0.39, 0.29) is 13.0 Å². The molecular weight excluding hydrogens is 296 g/mol. The number of hydrogen-bond donors (Lipinski definition) is 3. The maximum Gasteiger partial charge on any atom is 0.309 e. The highest BCUT2D eigenvalue weighted by molar-refractivity contribution is 5.86. The van der Waals surface area contributed by atoms with Crippen LogP contribution in [0.3, 0.4) is 0 Å². The third-order valence-corrected chi connectivity index (χ3v) is 3.98. The molecule has 124 valence electrons. The average molecular weight is 316 g/mol. The molecule has 8 nitrogen and oxygen atoms in total. The molecule has 0 aromatic heterocycles. The highest BCUT2D eigenvalue weighted by Gasteiger charge is 2.49. The maximum absolute atomic E-state index is 12.0. The van der Waals surface area contributed by atoms with Gasteiger partial charge >= 0.3 is 23.9 Å². The summed E-state index contributed by atoms with van der Waals surface area (Å²) in [6.07, 6.45) is 0.679. The van der Waals surface area contributed by atoms with Gasteiger partial charge in [0.2, 0.25) is 0 Å². The molecule has 0 aromatic rings. The number of carbonyl (C=O) groups excluding carboxylic acids is 1. The van der Waals surface area contributed by atoms with Gasteiger partial charge in [-0.25, -0.2) is 0 Å². The first kappa shape index (κ1) is 17.9. The van der Waals surface area contributed by atoms with Crippen LogP contribution in [0.4, 0.5) is 0 Å². The van der Waals surface area contributed by atoms with Gasteiger partial charge in [-0.1, -0.05) is 13.3 Å². The molecule has 0 radical (unpaired) electrons. The van der Waals surface area contributed by atoms with E-state index in [1.165, 1.54) is 0 Å². The fourth-order valence-electron chi connectivity index (χ4n) is 2.71. The highest BCUT2D eigenvalue weighted by atomic mass is 16.5. The van der Waals surface area contributed by atoms with Crippen LogP contribution in [-0.4, -0.2) is 45.8 Å². The minimum Gasteiger partial charge on any atom is -0.481 e. The van der Waals surface area contributed by atoms with Gasteiger partial charge in [0.1, 0.15) is 0 Å². The van der Waals surface area contributed by atoms with Crippen molar-refractivity contribution < 1.29 is 39.2 Å².